The second-order valence-corrected chi connectivity index (χ2v) is 9.45. The Hall–Kier alpha value is -3.23. The van der Waals surface area contributed by atoms with Crippen LogP contribution in [-0.2, 0) is 11.3 Å². The van der Waals surface area contributed by atoms with Gasteiger partial charge in [-0.05, 0) is 67.0 Å². The van der Waals surface area contributed by atoms with E-state index in [4.69, 9.17) is 9.47 Å². The van der Waals surface area contributed by atoms with Gasteiger partial charge < -0.3 is 14.6 Å². The van der Waals surface area contributed by atoms with E-state index in [0.717, 1.165) is 5.57 Å². The third-order valence-corrected chi connectivity index (χ3v) is 7.01. The van der Waals surface area contributed by atoms with Crippen LogP contribution in [0.3, 0.4) is 0 Å². The summed E-state index contributed by atoms with van der Waals surface area (Å²) in [6.45, 7) is 1.44. The summed E-state index contributed by atoms with van der Waals surface area (Å²) in [5, 5.41) is 9.59. The normalized spacial score (nSPS) is 19.9. The molecule has 1 aliphatic carbocycles. The molecule has 3 unspecified atom stereocenters. The van der Waals surface area contributed by atoms with Gasteiger partial charge in [0.15, 0.2) is 23.2 Å². The summed E-state index contributed by atoms with van der Waals surface area (Å²) in [6.07, 6.45) is 1.90. The fourth-order valence-electron chi connectivity index (χ4n) is 4.75. The quantitative estimate of drug-likeness (QED) is 0.262. The molecule has 1 heterocycles. The van der Waals surface area contributed by atoms with Crippen LogP contribution in [0.4, 0.5) is 22.0 Å². The first-order valence-corrected chi connectivity index (χ1v) is 12.1. The van der Waals surface area contributed by atoms with Crippen molar-refractivity contribution in [2.75, 3.05) is 6.61 Å². The van der Waals surface area contributed by atoms with E-state index in [0.29, 0.717) is 31.4 Å². The average Bonchev–Trinajstić information content (AvgIpc) is 3.72. The molecule has 1 N–H and O–H groups in total. The van der Waals surface area contributed by atoms with Gasteiger partial charge in [-0.1, -0.05) is 30.3 Å². The van der Waals surface area contributed by atoms with Crippen molar-refractivity contribution < 1.29 is 36.5 Å². The van der Waals surface area contributed by atoms with Crippen LogP contribution >= 0.6 is 0 Å². The second kappa shape index (κ2) is 10.3. The zero-order valence-corrected chi connectivity index (χ0v) is 20.0. The zero-order valence-electron chi connectivity index (χ0n) is 20.0. The number of halogens is 5. The number of rotatable bonds is 7. The number of allylic oxidation sites excluding steroid dienone is 2. The van der Waals surface area contributed by atoms with Crippen molar-refractivity contribution in [1.29, 1.82) is 0 Å². The summed E-state index contributed by atoms with van der Waals surface area (Å²) in [5.41, 5.74) is 2.04. The van der Waals surface area contributed by atoms with Crippen LogP contribution < -0.4 is 4.74 Å². The van der Waals surface area contributed by atoms with Gasteiger partial charge in [-0.15, -0.1) is 0 Å². The first-order valence-electron chi connectivity index (χ1n) is 12.1. The van der Waals surface area contributed by atoms with Crippen molar-refractivity contribution in [3.05, 3.63) is 105 Å². The first kappa shape index (κ1) is 25.4. The monoisotopic (exact) mass is 516 g/mol. The van der Waals surface area contributed by atoms with Crippen LogP contribution in [-0.4, -0.2) is 11.7 Å². The minimum absolute atomic E-state index is 0.0782. The van der Waals surface area contributed by atoms with Crippen molar-refractivity contribution in [3.8, 4) is 5.75 Å². The van der Waals surface area contributed by atoms with Crippen LogP contribution in [0, 0.1) is 29.1 Å². The SMILES string of the molecule is CC(O)c1ccc(C2CC=C(c3ccc(COc4ccc(C5CO5)c(F)c4F)c(F)c3)CC2)c(F)c1F. The van der Waals surface area contributed by atoms with Gasteiger partial charge in [-0.3, -0.25) is 0 Å². The van der Waals surface area contributed by atoms with Crippen molar-refractivity contribution in [3.63, 3.8) is 0 Å². The largest absolute Gasteiger partial charge is 0.486 e. The lowest BCUT2D eigenvalue weighted by Gasteiger charge is -2.24. The number of benzene rings is 3. The molecule has 0 aromatic heterocycles. The molecule has 8 heteroatoms. The maximum atomic E-state index is 14.8. The van der Waals surface area contributed by atoms with Gasteiger partial charge in [-0.2, -0.15) is 4.39 Å². The molecule has 0 bridgehead atoms. The number of hydrogen-bond acceptors (Lipinski definition) is 3. The smallest absolute Gasteiger partial charge is 0.201 e. The lowest BCUT2D eigenvalue weighted by atomic mass is 9.82. The van der Waals surface area contributed by atoms with Crippen molar-refractivity contribution in [2.45, 2.75) is 50.9 Å². The van der Waals surface area contributed by atoms with Crippen LogP contribution in [0.2, 0.25) is 0 Å². The standard InChI is InChI=1S/C29H25F5O3/c1-15(35)20-8-9-21(27(32)26(20)31)17-4-2-16(3-5-17)18-6-7-19(23(30)12-18)13-36-24-11-10-22(25-14-37-25)28(33)29(24)34/h2,6-12,15,17,25,35H,3-5,13-14H2,1H3. The van der Waals surface area contributed by atoms with E-state index in [1.807, 2.05) is 6.08 Å². The third-order valence-electron chi connectivity index (χ3n) is 7.01. The molecule has 1 fully saturated rings. The molecular formula is C29H25F5O3. The Balaban J connectivity index is 1.25. The fraction of sp³-hybridized carbons (Fsp3) is 0.310. The topological polar surface area (TPSA) is 42.0 Å². The van der Waals surface area contributed by atoms with Gasteiger partial charge in [-0.25, -0.2) is 17.6 Å². The van der Waals surface area contributed by atoms with E-state index in [1.165, 1.54) is 43.3 Å². The Bertz CT molecular complexity index is 1360. The lowest BCUT2D eigenvalue weighted by molar-refractivity contribution is 0.192. The van der Waals surface area contributed by atoms with Crippen molar-refractivity contribution >= 4 is 5.57 Å². The molecule has 1 aliphatic heterocycles. The summed E-state index contributed by atoms with van der Waals surface area (Å²) in [7, 11) is 0. The highest BCUT2D eigenvalue weighted by molar-refractivity contribution is 5.67. The number of ether oxygens (including phenoxy) is 2. The van der Waals surface area contributed by atoms with Crippen LogP contribution in [0.5, 0.6) is 5.75 Å². The Kier molecular flexibility index (Phi) is 7.05. The van der Waals surface area contributed by atoms with Crippen LogP contribution in [0.1, 0.15) is 72.1 Å². The molecule has 2 aliphatic rings. The van der Waals surface area contributed by atoms with Gasteiger partial charge in [0.2, 0.25) is 5.82 Å². The Morgan fingerprint density at radius 2 is 1.68 bits per heavy atom. The van der Waals surface area contributed by atoms with Crippen LogP contribution in [0.15, 0.2) is 48.5 Å². The van der Waals surface area contributed by atoms with E-state index >= 15 is 0 Å². The fourth-order valence-corrected chi connectivity index (χ4v) is 4.75. The summed E-state index contributed by atoms with van der Waals surface area (Å²) in [5.74, 6) is -5.22. The molecule has 0 radical (unpaired) electrons. The predicted molar refractivity (Wildman–Crippen MR) is 127 cm³/mol. The molecule has 3 nitrogen and oxygen atoms in total. The lowest BCUT2D eigenvalue weighted by Crippen LogP contribution is -2.10. The predicted octanol–water partition coefficient (Wildman–Crippen LogP) is 7.44. The molecule has 194 valence electrons. The van der Waals surface area contributed by atoms with Crippen LogP contribution in [0.25, 0.3) is 5.57 Å². The highest BCUT2D eigenvalue weighted by Crippen LogP contribution is 2.39. The molecule has 3 aromatic carbocycles. The minimum atomic E-state index is -1.14. The van der Waals surface area contributed by atoms with E-state index in [-0.39, 0.29) is 40.5 Å². The Morgan fingerprint density at radius 1 is 0.946 bits per heavy atom. The van der Waals surface area contributed by atoms with Crippen molar-refractivity contribution in [1.82, 2.24) is 0 Å². The van der Waals surface area contributed by atoms with Gasteiger partial charge in [0, 0.05) is 16.7 Å². The summed E-state index contributed by atoms with van der Waals surface area (Å²) >= 11 is 0. The second-order valence-electron chi connectivity index (χ2n) is 9.45. The molecular weight excluding hydrogens is 491 g/mol. The van der Waals surface area contributed by atoms with Gasteiger partial charge >= 0.3 is 0 Å². The minimum Gasteiger partial charge on any atom is -0.486 e. The molecule has 37 heavy (non-hydrogen) atoms. The summed E-state index contributed by atoms with van der Waals surface area (Å²) < 4.78 is 82.5. The molecule has 1 saturated heterocycles. The van der Waals surface area contributed by atoms with E-state index in [2.05, 4.69) is 0 Å². The number of epoxide rings is 1. The molecule has 5 rings (SSSR count). The van der Waals surface area contributed by atoms with Gasteiger partial charge in [0.05, 0.1) is 12.7 Å². The number of hydrogen-bond donors (Lipinski definition) is 1. The average molecular weight is 517 g/mol. The Labute approximate surface area is 211 Å². The van der Waals surface area contributed by atoms with E-state index < -0.39 is 41.3 Å². The van der Waals surface area contributed by atoms with Crippen molar-refractivity contribution in [2.24, 2.45) is 0 Å². The molecule has 0 spiro atoms. The van der Waals surface area contributed by atoms with E-state index in [9.17, 15) is 27.1 Å². The highest BCUT2D eigenvalue weighted by Gasteiger charge is 2.30. The van der Waals surface area contributed by atoms with Gasteiger partial charge in [0.25, 0.3) is 0 Å². The van der Waals surface area contributed by atoms with E-state index in [1.54, 1.807) is 6.07 Å². The molecule has 3 aromatic rings. The summed E-state index contributed by atoms with van der Waals surface area (Å²) in [6, 6.07) is 10.2. The molecule has 0 amide bonds. The third kappa shape index (κ3) is 5.13. The maximum Gasteiger partial charge on any atom is 0.201 e. The molecule has 3 atom stereocenters. The zero-order chi connectivity index (χ0) is 26.3. The number of aliphatic hydroxyl groups excluding tert-OH is 1. The Morgan fingerprint density at radius 3 is 2.32 bits per heavy atom. The highest BCUT2D eigenvalue weighted by atomic mass is 19.2. The summed E-state index contributed by atoms with van der Waals surface area (Å²) in [4.78, 5) is 0. The number of aliphatic hydroxyl groups is 1. The molecule has 0 saturated carbocycles. The van der Waals surface area contributed by atoms with Gasteiger partial charge in [0.1, 0.15) is 18.5 Å². The first-order chi connectivity index (χ1) is 17.7. The maximum absolute atomic E-state index is 14.8.